The standard InChI is InChI=1S/C27H32N2O4S/c1-19-15-20(2)27(21(3)16-19)34(31,32)29(17-23-9-7-6-8-10-23)18-26(30)28-22(4)24-11-13-25(33-5)14-12-24/h6-16,22H,17-18H2,1-5H3,(H,28,30)/t22-/m1/s1. The molecular formula is C27H32N2O4S. The summed E-state index contributed by atoms with van der Waals surface area (Å²) in [6.07, 6.45) is 0. The summed E-state index contributed by atoms with van der Waals surface area (Å²) in [4.78, 5) is 13.3. The number of nitrogens with zero attached hydrogens (tertiary/aromatic N) is 1. The van der Waals surface area contributed by atoms with Crippen LogP contribution in [0.5, 0.6) is 5.75 Å². The Labute approximate surface area is 202 Å². The highest BCUT2D eigenvalue weighted by Crippen LogP contribution is 2.26. The average molecular weight is 481 g/mol. The molecule has 1 atom stereocenters. The molecule has 0 aliphatic rings. The van der Waals surface area contributed by atoms with Crippen LogP contribution in [0.3, 0.4) is 0 Å². The molecule has 34 heavy (non-hydrogen) atoms. The van der Waals surface area contributed by atoms with E-state index in [0.717, 1.165) is 22.4 Å². The van der Waals surface area contributed by atoms with Crippen molar-refractivity contribution in [3.63, 3.8) is 0 Å². The lowest BCUT2D eigenvalue weighted by molar-refractivity contribution is -0.122. The molecule has 0 fully saturated rings. The van der Waals surface area contributed by atoms with Crippen molar-refractivity contribution in [2.45, 2.75) is 45.2 Å². The van der Waals surface area contributed by atoms with E-state index in [-0.39, 0.29) is 29.9 Å². The third-order valence-corrected chi connectivity index (χ3v) is 7.82. The number of carbonyl (C=O) groups is 1. The van der Waals surface area contributed by atoms with Crippen molar-refractivity contribution in [1.29, 1.82) is 0 Å². The molecule has 0 bridgehead atoms. The molecule has 0 unspecified atom stereocenters. The SMILES string of the molecule is COc1ccc([C@@H](C)NC(=O)CN(Cc2ccccc2)S(=O)(=O)c2c(C)cc(C)cc2C)cc1. The second-order valence-electron chi connectivity index (χ2n) is 8.55. The highest BCUT2D eigenvalue weighted by atomic mass is 32.2. The van der Waals surface area contributed by atoms with E-state index < -0.39 is 10.0 Å². The Morgan fingerprint density at radius 1 is 0.971 bits per heavy atom. The van der Waals surface area contributed by atoms with Crippen LogP contribution in [-0.4, -0.2) is 32.3 Å². The minimum absolute atomic E-state index is 0.0975. The van der Waals surface area contributed by atoms with Gasteiger partial charge in [0.1, 0.15) is 5.75 Å². The fourth-order valence-corrected chi connectivity index (χ4v) is 5.93. The zero-order chi connectivity index (χ0) is 24.9. The van der Waals surface area contributed by atoms with E-state index in [1.165, 1.54) is 4.31 Å². The van der Waals surface area contributed by atoms with E-state index in [0.29, 0.717) is 11.1 Å². The first-order valence-corrected chi connectivity index (χ1v) is 12.6. The number of nitrogens with one attached hydrogen (secondary N) is 1. The molecule has 1 N–H and O–H groups in total. The first-order valence-electron chi connectivity index (χ1n) is 11.2. The maximum atomic E-state index is 13.8. The molecular weight excluding hydrogens is 448 g/mol. The number of methoxy groups -OCH3 is 1. The lowest BCUT2D eigenvalue weighted by Crippen LogP contribution is -2.41. The quantitative estimate of drug-likeness (QED) is 0.482. The third-order valence-electron chi connectivity index (χ3n) is 5.72. The van der Waals surface area contributed by atoms with E-state index in [1.54, 1.807) is 21.0 Å². The number of ether oxygens (including phenoxy) is 1. The average Bonchev–Trinajstić information content (AvgIpc) is 2.78. The van der Waals surface area contributed by atoms with Gasteiger partial charge >= 0.3 is 0 Å². The van der Waals surface area contributed by atoms with Gasteiger partial charge in [0.2, 0.25) is 15.9 Å². The van der Waals surface area contributed by atoms with Crippen molar-refractivity contribution in [3.8, 4) is 5.75 Å². The summed E-state index contributed by atoms with van der Waals surface area (Å²) in [6.45, 7) is 7.19. The van der Waals surface area contributed by atoms with Gasteiger partial charge < -0.3 is 10.1 Å². The van der Waals surface area contributed by atoms with Crippen LogP contribution in [0.1, 0.15) is 40.8 Å². The lowest BCUT2D eigenvalue weighted by atomic mass is 10.1. The number of hydrogen-bond acceptors (Lipinski definition) is 4. The van der Waals surface area contributed by atoms with Gasteiger partial charge in [-0.15, -0.1) is 0 Å². The third kappa shape index (κ3) is 6.04. The lowest BCUT2D eigenvalue weighted by Gasteiger charge is -2.25. The summed E-state index contributed by atoms with van der Waals surface area (Å²) in [6, 6.07) is 20.1. The molecule has 7 heteroatoms. The van der Waals surface area contributed by atoms with Crippen molar-refractivity contribution in [2.24, 2.45) is 0 Å². The molecule has 0 aliphatic heterocycles. The number of amides is 1. The van der Waals surface area contributed by atoms with Crippen LogP contribution < -0.4 is 10.1 Å². The van der Waals surface area contributed by atoms with Gasteiger partial charge in [0.15, 0.2) is 0 Å². The van der Waals surface area contributed by atoms with Crippen molar-refractivity contribution < 1.29 is 17.9 Å². The van der Waals surface area contributed by atoms with Crippen LogP contribution in [0.25, 0.3) is 0 Å². The van der Waals surface area contributed by atoms with Gasteiger partial charge in [0, 0.05) is 6.54 Å². The predicted molar refractivity (Wildman–Crippen MR) is 134 cm³/mol. The van der Waals surface area contributed by atoms with Crippen LogP contribution >= 0.6 is 0 Å². The van der Waals surface area contributed by atoms with E-state index in [1.807, 2.05) is 80.6 Å². The van der Waals surface area contributed by atoms with Gasteiger partial charge in [-0.3, -0.25) is 4.79 Å². The summed E-state index contributed by atoms with van der Waals surface area (Å²) >= 11 is 0. The molecule has 0 aliphatic carbocycles. The minimum atomic E-state index is -3.93. The smallest absolute Gasteiger partial charge is 0.244 e. The van der Waals surface area contributed by atoms with Gasteiger partial charge in [0.05, 0.1) is 24.6 Å². The summed E-state index contributed by atoms with van der Waals surface area (Å²) in [7, 11) is -2.33. The van der Waals surface area contributed by atoms with Crippen molar-refractivity contribution in [3.05, 3.63) is 94.5 Å². The zero-order valence-electron chi connectivity index (χ0n) is 20.3. The number of benzene rings is 3. The van der Waals surface area contributed by atoms with Gasteiger partial charge in [-0.1, -0.05) is 60.2 Å². The highest BCUT2D eigenvalue weighted by molar-refractivity contribution is 7.89. The van der Waals surface area contributed by atoms with Crippen LogP contribution in [0.15, 0.2) is 71.6 Å². The Morgan fingerprint density at radius 3 is 2.12 bits per heavy atom. The molecule has 180 valence electrons. The summed E-state index contributed by atoms with van der Waals surface area (Å²) in [5.41, 5.74) is 4.04. The second kappa shape index (κ2) is 10.8. The van der Waals surface area contributed by atoms with Crippen molar-refractivity contribution in [1.82, 2.24) is 9.62 Å². The topological polar surface area (TPSA) is 75.7 Å². The molecule has 0 saturated carbocycles. The summed E-state index contributed by atoms with van der Waals surface area (Å²) in [5, 5.41) is 2.93. The number of carbonyl (C=O) groups excluding carboxylic acids is 1. The molecule has 1 amide bonds. The summed E-state index contributed by atoms with van der Waals surface area (Å²) in [5.74, 6) is 0.358. The Balaban J connectivity index is 1.88. The Hall–Kier alpha value is -3.16. The number of rotatable bonds is 9. The number of hydrogen-bond donors (Lipinski definition) is 1. The first kappa shape index (κ1) is 25.5. The van der Waals surface area contributed by atoms with Gasteiger partial charge in [0.25, 0.3) is 0 Å². The van der Waals surface area contributed by atoms with Crippen molar-refractivity contribution >= 4 is 15.9 Å². The summed E-state index contributed by atoms with van der Waals surface area (Å²) < 4.78 is 34.0. The van der Waals surface area contributed by atoms with Crippen LogP contribution in [0, 0.1) is 20.8 Å². The number of sulfonamides is 1. The molecule has 0 saturated heterocycles. The van der Waals surface area contributed by atoms with E-state index >= 15 is 0 Å². The van der Waals surface area contributed by atoms with Crippen molar-refractivity contribution in [2.75, 3.05) is 13.7 Å². The van der Waals surface area contributed by atoms with E-state index in [2.05, 4.69) is 5.32 Å². The monoisotopic (exact) mass is 480 g/mol. The Bertz CT molecular complexity index is 1220. The zero-order valence-corrected chi connectivity index (χ0v) is 21.1. The van der Waals surface area contributed by atoms with Crippen LogP contribution in [-0.2, 0) is 21.4 Å². The molecule has 6 nitrogen and oxygen atoms in total. The van der Waals surface area contributed by atoms with Gasteiger partial charge in [-0.2, -0.15) is 4.31 Å². The number of aryl methyl sites for hydroxylation is 3. The Kier molecular flexibility index (Phi) is 8.12. The fraction of sp³-hybridized carbons (Fsp3) is 0.296. The van der Waals surface area contributed by atoms with Gasteiger partial charge in [-0.25, -0.2) is 8.42 Å². The van der Waals surface area contributed by atoms with E-state index in [4.69, 9.17) is 4.74 Å². The van der Waals surface area contributed by atoms with E-state index in [9.17, 15) is 13.2 Å². The van der Waals surface area contributed by atoms with Gasteiger partial charge in [-0.05, 0) is 62.1 Å². The van der Waals surface area contributed by atoms with Crippen LogP contribution in [0.4, 0.5) is 0 Å². The normalized spacial score (nSPS) is 12.4. The first-order chi connectivity index (χ1) is 16.1. The molecule has 3 aromatic rings. The molecule has 3 rings (SSSR count). The molecule has 3 aromatic carbocycles. The highest BCUT2D eigenvalue weighted by Gasteiger charge is 2.30. The maximum Gasteiger partial charge on any atom is 0.244 e. The largest absolute Gasteiger partial charge is 0.497 e. The van der Waals surface area contributed by atoms with Crippen LogP contribution in [0.2, 0.25) is 0 Å². The molecule has 0 spiro atoms. The molecule has 0 radical (unpaired) electrons. The Morgan fingerprint density at radius 2 is 1.56 bits per heavy atom. The molecule has 0 heterocycles. The fourth-order valence-electron chi connectivity index (χ4n) is 4.14. The minimum Gasteiger partial charge on any atom is -0.497 e. The second-order valence-corrected chi connectivity index (χ2v) is 10.4. The maximum absolute atomic E-state index is 13.8. The predicted octanol–water partition coefficient (Wildman–Crippen LogP) is 4.69. The molecule has 0 aromatic heterocycles.